The first-order valence-corrected chi connectivity index (χ1v) is 10.2. The van der Waals surface area contributed by atoms with E-state index in [9.17, 15) is 4.39 Å². The Balaban J connectivity index is 1.59. The molecule has 0 saturated carbocycles. The molecule has 0 aliphatic rings. The maximum atomic E-state index is 13.2. The predicted molar refractivity (Wildman–Crippen MR) is 119 cm³/mol. The number of para-hydroxylation sites is 2. The summed E-state index contributed by atoms with van der Waals surface area (Å²) < 4.78 is 22.8. The van der Waals surface area contributed by atoms with Gasteiger partial charge in [0.1, 0.15) is 18.2 Å². The van der Waals surface area contributed by atoms with Gasteiger partial charge in [-0.1, -0.05) is 23.7 Å². The predicted octanol–water partition coefficient (Wildman–Crippen LogP) is 5.64. The van der Waals surface area contributed by atoms with Gasteiger partial charge in [0.2, 0.25) is 10.7 Å². The molecule has 154 valence electrons. The Bertz CT molecular complexity index is 1390. The summed E-state index contributed by atoms with van der Waals surface area (Å²) >= 11 is 11.8. The maximum Gasteiger partial charge on any atom is 0.231 e. The molecule has 3 aromatic carbocycles. The molecule has 5 rings (SSSR count). The Kier molecular flexibility index (Phi) is 5.01. The van der Waals surface area contributed by atoms with Crippen molar-refractivity contribution in [1.29, 1.82) is 0 Å². The third-order valence-corrected chi connectivity index (χ3v) is 5.30. The molecule has 0 aliphatic carbocycles. The molecular formula is C22H15ClFN5OS. The molecule has 0 aliphatic heterocycles. The molecule has 0 atom stereocenters. The van der Waals surface area contributed by atoms with Crippen molar-refractivity contribution in [2.75, 3.05) is 0 Å². The molecule has 2 heterocycles. The van der Waals surface area contributed by atoms with E-state index < -0.39 is 0 Å². The van der Waals surface area contributed by atoms with Gasteiger partial charge >= 0.3 is 0 Å². The van der Waals surface area contributed by atoms with E-state index in [1.165, 1.54) is 12.1 Å². The van der Waals surface area contributed by atoms with Crippen molar-refractivity contribution in [3.8, 4) is 17.4 Å². The zero-order valence-corrected chi connectivity index (χ0v) is 17.6. The molecule has 5 aromatic rings. The normalized spacial score (nSPS) is 11.2. The average molecular weight is 452 g/mol. The molecule has 0 radical (unpaired) electrons. The van der Waals surface area contributed by atoms with Crippen LogP contribution in [0.5, 0.6) is 5.75 Å². The third kappa shape index (κ3) is 3.83. The number of hydrogen-bond donors (Lipinski definition) is 1. The fraction of sp³-hybridized carbons (Fsp3) is 0.0455. The fourth-order valence-electron chi connectivity index (χ4n) is 3.21. The van der Waals surface area contributed by atoms with E-state index in [0.717, 1.165) is 16.7 Å². The molecule has 2 aromatic heterocycles. The molecule has 0 unspecified atom stereocenters. The third-order valence-electron chi connectivity index (χ3n) is 4.69. The van der Waals surface area contributed by atoms with Gasteiger partial charge in [0, 0.05) is 10.7 Å². The van der Waals surface area contributed by atoms with Crippen LogP contribution in [0.3, 0.4) is 0 Å². The molecule has 0 bridgehead atoms. The van der Waals surface area contributed by atoms with Crippen molar-refractivity contribution in [2.45, 2.75) is 6.61 Å². The van der Waals surface area contributed by atoms with Crippen LogP contribution in [0, 0.1) is 10.6 Å². The monoisotopic (exact) mass is 451 g/mol. The highest BCUT2D eigenvalue weighted by Crippen LogP contribution is 2.21. The Hall–Kier alpha value is -3.49. The van der Waals surface area contributed by atoms with Gasteiger partial charge in [-0.15, -0.1) is 5.10 Å². The van der Waals surface area contributed by atoms with Gasteiger partial charge in [0.25, 0.3) is 0 Å². The first kappa shape index (κ1) is 19.5. The van der Waals surface area contributed by atoms with E-state index in [2.05, 4.69) is 15.1 Å². The van der Waals surface area contributed by atoms with Crippen molar-refractivity contribution in [3.05, 3.63) is 94.2 Å². The molecular weight excluding hydrogens is 437 g/mol. The van der Waals surface area contributed by atoms with E-state index in [4.69, 9.17) is 28.6 Å². The van der Waals surface area contributed by atoms with Gasteiger partial charge < -0.3 is 9.72 Å². The summed E-state index contributed by atoms with van der Waals surface area (Å²) in [6.07, 6.45) is 0. The summed E-state index contributed by atoms with van der Waals surface area (Å²) in [4.78, 5) is 7.83. The van der Waals surface area contributed by atoms with Crippen molar-refractivity contribution < 1.29 is 9.13 Å². The van der Waals surface area contributed by atoms with Gasteiger partial charge in [-0.05, 0) is 72.9 Å². The van der Waals surface area contributed by atoms with Crippen LogP contribution in [0.2, 0.25) is 5.02 Å². The number of aromatic amines is 1. The minimum Gasteiger partial charge on any atom is -0.486 e. The fourth-order valence-corrected chi connectivity index (χ4v) is 3.67. The highest BCUT2D eigenvalue weighted by Gasteiger charge is 2.17. The average Bonchev–Trinajstić information content (AvgIpc) is 3.35. The summed E-state index contributed by atoms with van der Waals surface area (Å²) in [7, 11) is 0. The number of fused-ring (bicyclic) bond motifs is 1. The minimum atomic E-state index is -0.328. The van der Waals surface area contributed by atoms with Crippen LogP contribution < -0.4 is 4.74 Å². The Morgan fingerprint density at radius 1 is 1.00 bits per heavy atom. The SMILES string of the molecule is Fc1ccc(OCc2nn(-c3nc4ccccc4[nH]3)c(=S)n2-c2ccc(Cl)cc2)cc1. The van der Waals surface area contributed by atoms with E-state index in [0.29, 0.717) is 27.3 Å². The number of nitrogens with zero attached hydrogens (tertiary/aromatic N) is 4. The number of rotatable bonds is 5. The lowest BCUT2D eigenvalue weighted by molar-refractivity contribution is 0.292. The van der Waals surface area contributed by atoms with Crippen molar-refractivity contribution >= 4 is 34.9 Å². The van der Waals surface area contributed by atoms with Gasteiger partial charge in [-0.2, -0.15) is 4.68 Å². The number of ether oxygens (including phenoxy) is 1. The highest BCUT2D eigenvalue weighted by molar-refractivity contribution is 7.71. The summed E-state index contributed by atoms with van der Waals surface area (Å²) in [5.74, 6) is 1.25. The molecule has 1 N–H and O–H groups in total. The van der Waals surface area contributed by atoms with Gasteiger partial charge in [0.05, 0.1) is 11.0 Å². The second kappa shape index (κ2) is 7.98. The van der Waals surface area contributed by atoms with Crippen LogP contribution in [0.4, 0.5) is 4.39 Å². The summed E-state index contributed by atoms with van der Waals surface area (Å²) in [5, 5.41) is 5.27. The number of H-pyrrole nitrogens is 1. The number of imidazole rings is 1. The first-order valence-electron chi connectivity index (χ1n) is 9.39. The minimum absolute atomic E-state index is 0.116. The second-order valence-electron chi connectivity index (χ2n) is 6.74. The summed E-state index contributed by atoms with van der Waals surface area (Å²) in [6.45, 7) is 0.116. The summed E-state index contributed by atoms with van der Waals surface area (Å²) in [5.41, 5.74) is 2.48. The van der Waals surface area contributed by atoms with E-state index in [1.807, 2.05) is 36.4 Å². The van der Waals surface area contributed by atoms with E-state index in [-0.39, 0.29) is 12.4 Å². The van der Waals surface area contributed by atoms with Crippen molar-refractivity contribution in [1.82, 2.24) is 24.3 Å². The van der Waals surface area contributed by atoms with Crippen molar-refractivity contribution in [2.24, 2.45) is 0 Å². The standard InChI is InChI=1S/C22H15ClFN5OS/c23-14-5-9-16(10-6-14)28-20(13-30-17-11-7-15(24)8-12-17)27-29(22(28)31)21-25-18-3-1-2-4-19(18)26-21/h1-12H,13H2,(H,25,26). The molecule has 6 nitrogen and oxygen atoms in total. The number of aromatic nitrogens is 5. The number of benzene rings is 3. The molecule has 9 heteroatoms. The molecule has 0 amide bonds. The Labute approximate surface area is 186 Å². The molecule has 0 spiro atoms. The zero-order chi connectivity index (χ0) is 21.4. The quantitative estimate of drug-likeness (QED) is 0.351. The van der Waals surface area contributed by atoms with Gasteiger partial charge in [0.15, 0.2) is 5.82 Å². The summed E-state index contributed by atoms with van der Waals surface area (Å²) in [6, 6.07) is 20.8. The number of halogens is 2. The molecule has 0 saturated heterocycles. The first-order chi connectivity index (χ1) is 15.1. The Morgan fingerprint density at radius 2 is 1.74 bits per heavy atom. The molecule has 0 fully saturated rings. The topological polar surface area (TPSA) is 60.7 Å². The maximum absolute atomic E-state index is 13.2. The van der Waals surface area contributed by atoms with Crippen molar-refractivity contribution in [3.63, 3.8) is 0 Å². The Morgan fingerprint density at radius 3 is 2.48 bits per heavy atom. The highest BCUT2D eigenvalue weighted by atomic mass is 35.5. The lowest BCUT2D eigenvalue weighted by atomic mass is 10.3. The largest absolute Gasteiger partial charge is 0.486 e. The van der Waals surface area contributed by atoms with Gasteiger partial charge in [-0.25, -0.2) is 9.37 Å². The number of hydrogen-bond acceptors (Lipinski definition) is 4. The lowest BCUT2D eigenvalue weighted by Gasteiger charge is -2.08. The van der Waals surface area contributed by atoms with Crippen LogP contribution >= 0.6 is 23.8 Å². The zero-order valence-electron chi connectivity index (χ0n) is 16.0. The van der Waals surface area contributed by atoms with E-state index >= 15 is 0 Å². The molecule has 31 heavy (non-hydrogen) atoms. The van der Waals surface area contributed by atoms with Crippen LogP contribution in [-0.2, 0) is 6.61 Å². The van der Waals surface area contributed by atoms with E-state index in [1.54, 1.807) is 33.5 Å². The smallest absolute Gasteiger partial charge is 0.231 e. The van der Waals surface area contributed by atoms with Crippen LogP contribution in [0.15, 0.2) is 72.8 Å². The number of nitrogens with one attached hydrogen (secondary N) is 1. The van der Waals surface area contributed by atoms with Gasteiger partial charge in [-0.3, -0.25) is 4.57 Å². The lowest BCUT2D eigenvalue weighted by Crippen LogP contribution is -2.05. The van der Waals surface area contributed by atoms with Crippen LogP contribution in [0.25, 0.3) is 22.7 Å². The second-order valence-corrected chi connectivity index (χ2v) is 7.54. The van der Waals surface area contributed by atoms with Crippen LogP contribution in [-0.4, -0.2) is 24.3 Å². The van der Waals surface area contributed by atoms with Crippen LogP contribution in [0.1, 0.15) is 5.82 Å².